The lowest BCUT2D eigenvalue weighted by molar-refractivity contribution is 0.828. The lowest BCUT2D eigenvalue weighted by atomic mass is 10.5. The molecule has 0 saturated carbocycles. The Bertz CT molecular complexity index is 204. The van der Waals surface area contributed by atoms with Crippen molar-refractivity contribution >= 4 is 17.6 Å². The summed E-state index contributed by atoms with van der Waals surface area (Å²) < 4.78 is 0. The molecular formula is C6H10N4S. The maximum Gasteiger partial charge on any atom is 0.170 e. The Balaban J connectivity index is 2.04. The molecule has 4 nitrogen and oxygen atoms in total. The minimum atomic E-state index is 0.977. The molecule has 0 radical (unpaired) electrons. The number of H-pyrrole nitrogens is 1. The van der Waals surface area contributed by atoms with Gasteiger partial charge in [0.1, 0.15) is 0 Å². The van der Waals surface area contributed by atoms with Crippen molar-refractivity contribution in [2.24, 2.45) is 0 Å². The molecule has 0 aromatic carbocycles. The first-order chi connectivity index (χ1) is 5.47. The molecule has 0 spiro atoms. The Hall–Kier alpha value is -0.710. The molecule has 11 heavy (non-hydrogen) atoms. The van der Waals surface area contributed by atoms with Gasteiger partial charge in [-0.2, -0.15) is 11.8 Å². The summed E-state index contributed by atoms with van der Waals surface area (Å²) in [5.74, 6) is 3.38. The van der Waals surface area contributed by atoms with Gasteiger partial charge in [0.2, 0.25) is 0 Å². The number of nitrogens with one attached hydrogen (secondary N) is 1. The fourth-order valence-corrected chi connectivity index (χ4v) is 2.05. The van der Waals surface area contributed by atoms with E-state index in [1.54, 1.807) is 0 Å². The van der Waals surface area contributed by atoms with E-state index in [1.165, 1.54) is 11.5 Å². The molecule has 1 aromatic rings. The van der Waals surface area contributed by atoms with Gasteiger partial charge >= 0.3 is 0 Å². The maximum atomic E-state index is 3.95. The van der Waals surface area contributed by atoms with E-state index in [9.17, 15) is 0 Å². The van der Waals surface area contributed by atoms with Gasteiger partial charge in [0.25, 0.3) is 0 Å². The van der Waals surface area contributed by atoms with E-state index in [4.69, 9.17) is 0 Å². The maximum absolute atomic E-state index is 3.95. The zero-order valence-electron chi connectivity index (χ0n) is 6.16. The number of nitrogens with zero attached hydrogens (tertiary/aromatic N) is 3. The highest BCUT2D eigenvalue weighted by Gasteiger charge is 2.12. The van der Waals surface area contributed by atoms with Crippen molar-refractivity contribution in [3.63, 3.8) is 0 Å². The van der Waals surface area contributed by atoms with Crippen LogP contribution in [0.5, 0.6) is 0 Å². The van der Waals surface area contributed by atoms with Crippen LogP contribution >= 0.6 is 11.8 Å². The number of anilines is 1. The Morgan fingerprint density at radius 1 is 1.45 bits per heavy atom. The van der Waals surface area contributed by atoms with Crippen molar-refractivity contribution in [2.75, 3.05) is 29.5 Å². The molecule has 0 amide bonds. The van der Waals surface area contributed by atoms with E-state index in [1.807, 2.05) is 18.0 Å². The van der Waals surface area contributed by atoms with Crippen molar-refractivity contribution in [1.29, 1.82) is 0 Å². The lowest BCUT2D eigenvalue weighted by Crippen LogP contribution is -2.32. The molecule has 1 aromatic heterocycles. The third kappa shape index (κ3) is 1.48. The van der Waals surface area contributed by atoms with Gasteiger partial charge in [-0.1, -0.05) is 5.21 Å². The number of thioether (sulfide) groups is 1. The number of hydrogen-bond donors (Lipinski definition) is 1. The fourth-order valence-electron chi connectivity index (χ4n) is 1.14. The van der Waals surface area contributed by atoms with E-state index in [0.717, 1.165) is 18.9 Å². The summed E-state index contributed by atoms with van der Waals surface area (Å²) >= 11 is 2.00. The van der Waals surface area contributed by atoms with E-state index in [-0.39, 0.29) is 0 Å². The smallest absolute Gasteiger partial charge is 0.170 e. The molecule has 0 atom stereocenters. The molecule has 1 saturated heterocycles. The molecule has 0 unspecified atom stereocenters. The van der Waals surface area contributed by atoms with E-state index in [2.05, 4.69) is 20.3 Å². The van der Waals surface area contributed by atoms with Gasteiger partial charge in [-0.3, -0.25) is 5.10 Å². The first kappa shape index (κ1) is 6.97. The second-order valence-corrected chi connectivity index (χ2v) is 3.66. The Labute approximate surface area is 69.4 Å². The van der Waals surface area contributed by atoms with Gasteiger partial charge in [0.15, 0.2) is 5.82 Å². The molecule has 2 rings (SSSR count). The SMILES string of the molecule is c1[nH]nnc1N1CCSCC1. The molecule has 2 heterocycles. The van der Waals surface area contributed by atoms with E-state index >= 15 is 0 Å². The third-order valence-electron chi connectivity index (χ3n) is 1.74. The van der Waals surface area contributed by atoms with Crippen LogP contribution in [-0.2, 0) is 0 Å². The molecule has 60 valence electrons. The van der Waals surface area contributed by atoms with Crippen LogP contribution in [0.1, 0.15) is 0 Å². The van der Waals surface area contributed by atoms with Crippen LogP contribution in [-0.4, -0.2) is 40.0 Å². The molecule has 0 bridgehead atoms. The number of aromatic nitrogens is 3. The standard InChI is InChI=1S/C6H10N4S/c1-3-11-4-2-10(1)6-5-7-9-8-6/h5H,1-4H2,(H,7,8,9). The number of hydrogen-bond acceptors (Lipinski definition) is 4. The molecule has 1 aliphatic heterocycles. The zero-order valence-corrected chi connectivity index (χ0v) is 6.97. The summed E-state index contributed by atoms with van der Waals surface area (Å²) in [4.78, 5) is 2.25. The normalized spacial score (nSPS) is 18.7. The van der Waals surface area contributed by atoms with Gasteiger partial charge < -0.3 is 4.90 Å². The predicted octanol–water partition coefficient (Wildman–Crippen LogP) is 0.358. The Morgan fingerprint density at radius 2 is 2.27 bits per heavy atom. The van der Waals surface area contributed by atoms with Crippen LogP contribution in [0.4, 0.5) is 5.82 Å². The quantitative estimate of drug-likeness (QED) is 0.661. The molecule has 5 heteroatoms. The average Bonchev–Trinajstić information content (AvgIpc) is 2.58. The van der Waals surface area contributed by atoms with Crippen molar-refractivity contribution in [1.82, 2.24) is 15.4 Å². The molecule has 1 aliphatic rings. The summed E-state index contributed by atoms with van der Waals surface area (Å²) in [5.41, 5.74) is 0. The summed E-state index contributed by atoms with van der Waals surface area (Å²) in [6, 6.07) is 0. The van der Waals surface area contributed by atoms with Gasteiger partial charge in [-0.05, 0) is 0 Å². The highest BCUT2D eigenvalue weighted by molar-refractivity contribution is 7.99. The minimum Gasteiger partial charge on any atom is -0.352 e. The summed E-state index contributed by atoms with van der Waals surface area (Å²) in [6.45, 7) is 2.19. The monoisotopic (exact) mass is 170 g/mol. The third-order valence-corrected chi connectivity index (χ3v) is 2.68. The molecule has 1 fully saturated rings. The van der Waals surface area contributed by atoms with E-state index in [0.29, 0.717) is 0 Å². The predicted molar refractivity (Wildman–Crippen MR) is 45.9 cm³/mol. The van der Waals surface area contributed by atoms with Crippen LogP contribution in [0.25, 0.3) is 0 Å². The second-order valence-electron chi connectivity index (χ2n) is 2.43. The van der Waals surface area contributed by atoms with Gasteiger partial charge in [0.05, 0.1) is 6.20 Å². The summed E-state index contributed by atoms with van der Waals surface area (Å²) in [5, 5.41) is 10.3. The van der Waals surface area contributed by atoms with Crippen molar-refractivity contribution < 1.29 is 0 Å². The van der Waals surface area contributed by atoms with Gasteiger partial charge in [-0.25, -0.2) is 0 Å². The van der Waals surface area contributed by atoms with Gasteiger partial charge in [-0.15, -0.1) is 5.10 Å². The van der Waals surface area contributed by atoms with Crippen molar-refractivity contribution in [3.05, 3.63) is 6.20 Å². The summed E-state index contributed by atoms with van der Waals surface area (Å²) in [6.07, 6.45) is 1.84. The highest BCUT2D eigenvalue weighted by Crippen LogP contribution is 2.14. The number of rotatable bonds is 1. The van der Waals surface area contributed by atoms with Gasteiger partial charge in [0, 0.05) is 24.6 Å². The molecule has 1 N–H and O–H groups in total. The van der Waals surface area contributed by atoms with Crippen molar-refractivity contribution in [2.45, 2.75) is 0 Å². The average molecular weight is 170 g/mol. The molecular weight excluding hydrogens is 160 g/mol. The minimum absolute atomic E-state index is 0.977. The lowest BCUT2D eigenvalue weighted by Gasteiger charge is -2.25. The topological polar surface area (TPSA) is 44.8 Å². The van der Waals surface area contributed by atoms with E-state index < -0.39 is 0 Å². The fraction of sp³-hybridized carbons (Fsp3) is 0.667. The van der Waals surface area contributed by atoms with Crippen molar-refractivity contribution in [3.8, 4) is 0 Å². The summed E-state index contributed by atoms with van der Waals surface area (Å²) in [7, 11) is 0. The second kappa shape index (κ2) is 3.13. The zero-order chi connectivity index (χ0) is 7.52. The largest absolute Gasteiger partial charge is 0.352 e. The first-order valence-electron chi connectivity index (χ1n) is 3.66. The first-order valence-corrected chi connectivity index (χ1v) is 4.81. The highest BCUT2D eigenvalue weighted by atomic mass is 32.2. The van der Waals surface area contributed by atoms with Crippen LogP contribution in [0, 0.1) is 0 Å². The van der Waals surface area contributed by atoms with Crippen LogP contribution < -0.4 is 4.90 Å². The van der Waals surface area contributed by atoms with Crippen LogP contribution in [0.2, 0.25) is 0 Å². The van der Waals surface area contributed by atoms with Crippen LogP contribution in [0.3, 0.4) is 0 Å². The number of aromatic amines is 1. The van der Waals surface area contributed by atoms with Crippen LogP contribution in [0.15, 0.2) is 6.20 Å². The Morgan fingerprint density at radius 3 is 2.91 bits per heavy atom. The Kier molecular flexibility index (Phi) is 1.98. The molecule has 0 aliphatic carbocycles.